The SMILES string of the molecule is COc1ccc(OC)c(C(O)C2CCOCC2)c1. The van der Waals surface area contributed by atoms with Gasteiger partial charge in [-0.1, -0.05) is 0 Å². The van der Waals surface area contributed by atoms with E-state index in [-0.39, 0.29) is 5.92 Å². The molecule has 0 radical (unpaired) electrons. The van der Waals surface area contributed by atoms with Crippen molar-refractivity contribution < 1.29 is 19.3 Å². The minimum absolute atomic E-state index is 0.222. The van der Waals surface area contributed by atoms with Gasteiger partial charge in [0, 0.05) is 18.8 Å². The summed E-state index contributed by atoms with van der Waals surface area (Å²) >= 11 is 0. The molecule has 1 atom stereocenters. The van der Waals surface area contributed by atoms with Crippen LogP contribution >= 0.6 is 0 Å². The van der Waals surface area contributed by atoms with Crippen LogP contribution < -0.4 is 9.47 Å². The fourth-order valence-corrected chi connectivity index (χ4v) is 2.36. The summed E-state index contributed by atoms with van der Waals surface area (Å²) in [5, 5.41) is 10.5. The van der Waals surface area contributed by atoms with Gasteiger partial charge in [0.05, 0.1) is 20.3 Å². The summed E-state index contributed by atoms with van der Waals surface area (Å²) in [6.45, 7) is 1.43. The third-order valence-corrected chi connectivity index (χ3v) is 3.47. The monoisotopic (exact) mass is 252 g/mol. The normalized spacial score (nSPS) is 18.4. The highest BCUT2D eigenvalue weighted by atomic mass is 16.5. The number of hydrogen-bond acceptors (Lipinski definition) is 4. The molecule has 0 spiro atoms. The van der Waals surface area contributed by atoms with Crippen molar-refractivity contribution in [2.24, 2.45) is 5.92 Å². The van der Waals surface area contributed by atoms with E-state index >= 15 is 0 Å². The van der Waals surface area contributed by atoms with Gasteiger partial charge >= 0.3 is 0 Å². The molecular formula is C14H20O4. The first-order chi connectivity index (χ1) is 8.76. The van der Waals surface area contributed by atoms with Crippen LogP contribution in [0.15, 0.2) is 18.2 Å². The van der Waals surface area contributed by atoms with Crippen LogP contribution in [0.5, 0.6) is 11.5 Å². The largest absolute Gasteiger partial charge is 0.497 e. The van der Waals surface area contributed by atoms with Crippen LogP contribution in [0.3, 0.4) is 0 Å². The zero-order chi connectivity index (χ0) is 13.0. The van der Waals surface area contributed by atoms with Crippen molar-refractivity contribution >= 4 is 0 Å². The number of methoxy groups -OCH3 is 2. The topological polar surface area (TPSA) is 47.9 Å². The fourth-order valence-electron chi connectivity index (χ4n) is 2.36. The second-order valence-corrected chi connectivity index (χ2v) is 4.50. The van der Waals surface area contributed by atoms with E-state index in [4.69, 9.17) is 14.2 Å². The lowest BCUT2D eigenvalue weighted by atomic mass is 9.89. The molecule has 1 fully saturated rings. The maximum atomic E-state index is 10.5. The molecule has 1 unspecified atom stereocenters. The molecule has 18 heavy (non-hydrogen) atoms. The summed E-state index contributed by atoms with van der Waals surface area (Å²) in [7, 11) is 3.23. The molecule has 0 amide bonds. The second-order valence-electron chi connectivity index (χ2n) is 4.50. The lowest BCUT2D eigenvalue weighted by Crippen LogP contribution is -2.22. The number of rotatable bonds is 4. The van der Waals surface area contributed by atoms with Crippen LogP contribution in [0.4, 0.5) is 0 Å². The molecule has 4 nitrogen and oxygen atoms in total. The third kappa shape index (κ3) is 2.76. The Balaban J connectivity index is 2.23. The second kappa shape index (κ2) is 6.07. The van der Waals surface area contributed by atoms with Crippen LogP contribution in [0.2, 0.25) is 0 Å². The van der Waals surface area contributed by atoms with Gasteiger partial charge in [-0.2, -0.15) is 0 Å². The highest BCUT2D eigenvalue weighted by Crippen LogP contribution is 2.36. The van der Waals surface area contributed by atoms with E-state index in [0.29, 0.717) is 19.0 Å². The summed E-state index contributed by atoms with van der Waals surface area (Å²) in [5.74, 6) is 1.66. The number of hydrogen-bond donors (Lipinski definition) is 1. The van der Waals surface area contributed by atoms with Gasteiger partial charge in [-0.25, -0.2) is 0 Å². The lowest BCUT2D eigenvalue weighted by Gasteiger charge is -2.28. The van der Waals surface area contributed by atoms with Gasteiger partial charge in [-0.05, 0) is 37.0 Å². The highest BCUT2D eigenvalue weighted by Gasteiger charge is 2.26. The predicted molar refractivity (Wildman–Crippen MR) is 68.0 cm³/mol. The molecule has 1 aliphatic rings. The summed E-state index contributed by atoms with van der Waals surface area (Å²) in [6.07, 6.45) is 1.22. The molecule has 0 saturated carbocycles. The van der Waals surface area contributed by atoms with E-state index in [1.54, 1.807) is 14.2 Å². The zero-order valence-corrected chi connectivity index (χ0v) is 10.9. The van der Waals surface area contributed by atoms with Crippen LogP contribution in [0.25, 0.3) is 0 Å². The van der Waals surface area contributed by atoms with Crippen LogP contribution in [0, 0.1) is 5.92 Å². The minimum atomic E-state index is -0.529. The molecule has 4 heteroatoms. The van der Waals surface area contributed by atoms with Gasteiger partial charge in [0.15, 0.2) is 0 Å². The average molecular weight is 252 g/mol. The first-order valence-electron chi connectivity index (χ1n) is 6.24. The van der Waals surface area contributed by atoms with E-state index in [9.17, 15) is 5.11 Å². The smallest absolute Gasteiger partial charge is 0.124 e. The Hall–Kier alpha value is -1.26. The van der Waals surface area contributed by atoms with Crippen LogP contribution in [-0.4, -0.2) is 32.5 Å². The first-order valence-corrected chi connectivity index (χ1v) is 6.24. The Morgan fingerprint density at radius 1 is 1.22 bits per heavy atom. The van der Waals surface area contributed by atoms with Crippen molar-refractivity contribution in [2.45, 2.75) is 18.9 Å². The van der Waals surface area contributed by atoms with Crippen molar-refractivity contribution in [1.82, 2.24) is 0 Å². The van der Waals surface area contributed by atoms with E-state index in [2.05, 4.69) is 0 Å². The molecule has 0 aliphatic carbocycles. The molecule has 1 heterocycles. The van der Waals surface area contributed by atoms with Crippen molar-refractivity contribution in [3.05, 3.63) is 23.8 Å². The van der Waals surface area contributed by atoms with Crippen LogP contribution in [-0.2, 0) is 4.74 Å². The zero-order valence-electron chi connectivity index (χ0n) is 10.9. The van der Waals surface area contributed by atoms with Gasteiger partial charge in [-0.15, -0.1) is 0 Å². The summed E-state index contributed by atoms with van der Waals surface area (Å²) < 4.78 is 15.8. The van der Waals surface area contributed by atoms with Crippen molar-refractivity contribution in [3.8, 4) is 11.5 Å². The summed E-state index contributed by atoms with van der Waals surface area (Å²) in [5.41, 5.74) is 0.795. The van der Waals surface area contributed by atoms with Gasteiger partial charge < -0.3 is 19.3 Å². The summed E-state index contributed by atoms with van der Waals surface area (Å²) in [4.78, 5) is 0. The fraction of sp³-hybridized carbons (Fsp3) is 0.571. The van der Waals surface area contributed by atoms with E-state index < -0.39 is 6.10 Å². The van der Waals surface area contributed by atoms with Crippen molar-refractivity contribution in [1.29, 1.82) is 0 Å². The van der Waals surface area contributed by atoms with E-state index in [1.807, 2.05) is 18.2 Å². The van der Waals surface area contributed by atoms with Gasteiger partial charge in [0.1, 0.15) is 11.5 Å². The number of benzene rings is 1. The van der Waals surface area contributed by atoms with E-state index in [1.165, 1.54) is 0 Å². The molecule has 0 bridgehead atoms. The number of aliphatic hydroxyl groups is 1. The minimum Gasteiger partial charge on any atom is -0.497 e. The molecule has 1 saturated heterocycles. The Kier molecular flexibility index (Phi) is 4.44. The number of aliphatic hydroxyl groups excluding tert-OH is 1. The maximum absolute atomic E-state index is 10.5. The molecule has 1 aromatic rings. The average Bonchev–Trinajstić information content (AvgIpc) is 2.46. The standard InChI is InChI=1S/C14H20O4/c1-16-11-3-4-13(17-2)12(9-11)14(15)10-5-7-18-8-6-10/h3-4,9-10,14-15H,5-8H2,1-2H3. The Morgan fingerprint density at radius 3 is 2.56 bits per heavy atom. The third-order valence-electron chi connectivity index (χ3n) is 3.47. The molecule has 1 aromatic carbocycles. The van der Waals surface area contributed by atoms with Crippen molar-refractivity contribution in [3.63, 3.8) is 0 Å². The summed E-state index contributed by atoms with van der Waals surface area (Å²) in [6, 6.07) is 5.51. The van der Waals surface area contributed by atoms with Crippen molar-refractivity contribution in [2.75, 3.05) is 27.4 Å². The number of ether oxygens (including phenoxy) is 3. The highest BCUT2D eigenvalue weighted by molar-refractivity contribution is 5.41. The quantitative estimate of drug-likeness (QED) is 0.892. The van der Waals surface area contributed by atoms with Gasteiger partial charge in [-0.3, -0.25) is 0 Å². The molecule has 2 rings (SSSR count). The Morgan fingerprint density at radius 2 is 1.94 bits per heavy atom. The molecular weight excluding hydrogens is 232 g/mol. The molecule has 1 N–H and O–H groups in total. The molecule has 100 valence electrons. The first kappa shape index (κ1) is 13.2. The molecule has 0 aromatic heterocycles. The Bertz CT molecular complexity index is 385. The van der Waals surface area contributed by atoms with Crippen LogP contribution in [0.1, 0.15) is 24.5 Å². The van der Waals surface area contributed by atoms with E-state index in [0.717, 1.165) is 24.2 Å². The van der Waals surface area contributed by atoms with Gasteiger partial charge in [0.25, 0.3) is 0 Å². The Labute approximate surface area is 107 Å². The molecule has 1 aliphatic heterocycles. The predicted octanol–water partition coefficient (Wildman–Crippen LogP) is 2.16. The lowest BCUT2D eigenvalue weighted by molar-refractivity contribution is 0.00630. The maximum Gasteiger partial charge on any atom is 0.124 e. The van der Waals surface area contributed by atoms with Gasteiger partial charge in [0.2, 0.25) is 0 Å².